The lowest BCUT2D eigenvalue weighted by Gasteiger charge is -2.10. The zero-order valence-electron chi connectivity index (χ0n) is 8.11. The minimum absolute atomic E-state index is 0.0342. The average Bonchev–Trinajstić information content (AvgIpc) is 2.62. The molecular formula is C10H11N3O. The lowest BCUT2D eigenvalue weighted by molar-refractivity contribution is 0.0822. The van der Waals surface area contributed by atoms with Crippen LogP contribution in [0.4, 0.5) is 0 Å². The minimum atomic E-state index is -0.0342. The maximum atomic E-state index is 11.6. The van der Waals surface area contributed by atoms with E-state index in [-0.39, 0.29) is 5.91 Å². The number of aromatic nitrogens is 2. The van der Waals surface area contributed by atoms with Crippen LogP contribution in [0.15, 0.2) is 24.4 Å². The van der Waals surface area contributed by atoms with Crippen molar-refractivity contribution < 1.29 is 4.79 Å². The summed E-state index contributed by atoms with van der Waals surface area (Å²) in [5.74, 6) is -0.0342. The second-order valence-corrected chi connectivity index (χ2v) is 3.32. The highest BCUT2D eigenvalue weighted by atomic mass is 16.2. The number of aromatic amines is 1. The quantitative estimate of drug-likeness (QED) is 0.733. The number of hydrogen-bond acceptors (Lipinski definition) is 2. The van der Waals surface area contributed by atoms with Gasteiger partial charge in [-0.1, -0.05) is 0 Å². The van der Waals surface area contributed by atoms with Gasteiger partial charge in [0.05, 0.1) is 11.4 Å². The fourth-order valence-electron chi connectivity index (χ4n) is 1.30. The first-order chi connectivity index (χ1) is 6.68. The number of amides is 1. The SMILES string of the molecule is CN(C)C(=O)c1ccc2nccc-2[nH]1. The number of hydrogen-bond donors (Lipinski definition) is 1. The molecule has 0 saturated carbocycles. The lowest BCUT2D eigenvalue weighted by Crippen LogP contribution is -2.22. The number of carbonyl (C=O) groups is 1. The van der Waals surface area contributed by atoms with Crippen molar-refractivity contribution in [1.82, 2.24) is 14.9 Å². The summed E-state index contributed by atoms with van der Waals surface area (Å²) >= 11 is 0. The number of nitrogens with one attached hydrogen (secondary N) is 1. The van der Waals surface area contributed by atoms with Gasteiger partial charge in [0.2, 0.25) is 0 Å². The molecular weight excluding hydrogens is 178 g/mol. The van der Waals surface area contributed by atoms with Gasteiger partial charge in [-0.2, -0.15) is 0 Å². The Labute approximate surface area is 81.9 Å². The smallest absolute Gasteiger partial charge is 0.269 e. The molecule has 1 amide bonds. The van der Waals surface area contributed by atoms with Gasteiger partial charge in [-0.15, -0.1) is 0 Å². The molecule has 2 aliphatic rings. The summed E-state index contributed by atoms with van der Waals surface area (Å²) in [4.78, 5) is 20.3. The van der Waals surface area contributed by atoms with Gasteiger partial charge in [-0.05, 0) is 18.2 Å². The van der Waals surface area contributed by atoms with Crippen LogP contribution in [0.25, 0.3) is 11.4 Å². The standard InChI is InChI=1S/C10H11N3O/c1-13(2)10(14)9-4-3-7-8(12-9)5-6-11-7/h3-6,12H,1-2H3. The Kier molecular flexibility index (Phi) is 1.96. The summed E-state index contributed by atoms with van der Waals surface area (Å²) in [6.45, 7) is 0. The van der Waals surface area contributed by atoms with Crippen molar-refractivity contribution in [3.63, 3.8) is 0 Å². The first kappa shape index (κ1) is 8.74. The van der Waals surface area contributed by atoms with Crippen LogP contribution in [0.3, 0.4) is 0 Å². The zero-order chi connectivity index (χ0) is 10.1. The Bertz CT molecular complexity index is 433. The van der Waals surface area contributed by atoms with Gasteiger partial charge >= 0.3 is 0 Å². The number of H-pyrrole nitrogens is 1. The first-order valence-electron chi connectivity index (χ1n) is 4.34. The zero-order valence-corrected chi connectivity index (χ0v) is 8.11. The highest BCUT2D eigenvalue weighted by molar-refractivity contribution is 5.92. The van der Waals surface area contributed by atoms with Crippen LogP contribution in [0.1, 0.15) is 10.5 Å². The van der Waals surface area contributed by atoms with E-state index in [1.165, 1.54) is 4.90 Å². The summed E-state index contributed by atoms with van der Waals surface area (Å²) in [6, 6.07) is 5.43. The second-order valence-electron chi connectivity index (χ2n) is 3.32. The number of pyridine rings is 1. The first-order valence-corrected chi connectivity index (χ1v) is 4.34. The molecule has 0 bridgehead atoms. The third kappa shape index (κ3) is 1.35. The van der Waals surface area contributed by atoms with E-state index in [4.69, 9.17) is 0 Å². The van der Waals surface area contributed by atoms with Crippen molar-refractivity contribution in [2.24, 2.45) is 0 Å². The van der Waals surface area contributed by atoms with Gasteiger partial charge in [0.1, 0.15) is 5.69 Å². The summed E-state index contributed by atoms with van der Waals surface area (Å²) < 4.78 is 0. The van der Waals surface area contributed by atoms with Gasteiger partial charge in [-0.3, -0.25) is 9.78 Å². The van der Waals surface area contributed by atoms with Crippen LogP contribution in [0.2, 0.25) is 0 Å². The lowest BCUT2D eigenvalue weighted by atomic mass is 10.2. The molecule has 4 heteroatoms. The minimum Gasteiger partial charge on any atom is -0.349 e. The third-order valence-electron chi connectivity index (χ3n) is 2.04. The summed E-state index contributed by atoms with van der Waals surface area (Å²) in [7, 11) is 3.45. The molecule has 1 N–H and O–H groups in total. The largest absolute Gasteiger partial charge is 0.349 e. The summed E-state index contributed by atoms with van der Waals surface area (Å²) in [6.07, 6.45) is 1.71. The molecule has 0 aliphatic carbocycles. The van der Waals surface area contributed by atoms with Crippen LogP contribution in [-0.2, 0) is 0 Å². The number of fused-ring (bicyclic) bond motifs is 1. The number of rotatable bonds is 1. The molecule has 0 atom stereocenters. The summed E-state index contributed by atoms with van der Waals surface area (Å²) in [5, 5.41) is 0. The Morgan fingerprint density at radius 3 is 2.86 bits per heavy atom. The van der Waals surface area contributed by atoms with E-state index in [0.29, 0.717) is 5.69 Å². The molecule has 0 aromatic carbocycles. The van der Waals surface area contributed by atoms with Crippen LogP contribution < -0.4 is 0 Å². The van der Waals surface area contributed by atoms with E-state index in [2.05, 4.69) is 9.97 Å². The fourth-order valence-corrected chi connectivity index (χ4v) is 1.30. The molecule has 2 aliphatic heterocycles. The Hall–Kier alpha value is -1.84. The monoisotopic (exact) mass is 189 g/mol. The molecule has 0 aromatic rings. The Morgan fingerprint density at radius 1 is 1.36 bits per heavy atom. The number of nitrogens with zero attached hydrogens (tertiary/aromatic N) is 2. The van der Waals surface area contributed by atoms with Crippen molar-refractivity contribution in [3.05, 3.63) is 30.1 Å². The third-order valence-corrected chi connectivity index (χ3v) is 2.04. The van der Waals surface area contributed by atoms with Crippen molar-refractivity contribution in [3.8, 4) is 11.4 Å². The second kappa shape index (κ2) is 3.14. The molecule has 0 aromatic heterocycles. The normalized spacial score (nSPS) is 10.4. The van der Waals surface area contributed by atoms with Gasteiger partial charge in [0, 0.05) is 20.3 Å². The predicted octanol–water partition coefficient (Wildman–Crippen LogP) is 1.22. The molecule has 14 heavy (non-hydrogen) atoms. The molecule has 2 heterocycles. The number of carbonyl (C=O) groups excluding carboxylic acids is 1. The maximum Gasteiger partial charge on any atom is 0.269 e. The van der Waals surface area contributed by atoms with E-state index in [9.17, 15) is 4.79 Å². The van der Waals surface area contributed by atoms with Crippen LogP contribution in [-0.4, -0.2) is 34.9 Å². The van der Waals surface area contributed by atoms with Crippen molar-refractivity contribution in [2.45, 2.75) is 0 Å². The average molecular weight is 189 g/mol. The van der Waals surface area contributed by atoms with Crippen molar-refractivity contribution in [2.75, 3.05) is 14.1 Å². The van der Waals surface area contributed by atoms with Gasteiger partial charge < -0.3 is 9.88 Å². The van der Waals surface area contributed by atoms with E-state index >= 15 is 0 Å². The highest BCUT2D eigenvalue weighted by Crippen LogP contribution is 2.17. The molecule has 4 nitrogen and oxygen atoms in total. The van der Waals surface area contributed by atoms with Gasteiger partial charge in [0.15, 0.2) is 0 Å². The highest BCUT2D eigenvalue weighted by Gasteiger charge is 2.11. The molecule has 2 rings (SSSR count). The van der Waals surface area contributed by atoms with Crippen LogP contribution in [0, 0.1) is 0 Å². The maximum absolute atomic E-state index is 11.6. The van der Waals surface area contributed by atoms with Crippen LogP contribution in [0.5, 0.6) is 0 Å². The molecule has 0 spiro atoms. The Morgan fingerprint density at radius 2 is 2.14 bits per heavy atom. The summed E-state index contributed by atoms with van der Waals surface area (Å²) in [5.41, 5.74) is 2.34. The molecule has 72 valence electrons. The van der Waals surface area contributed by atoms with Crippen molar-refractivity contribution in [1.29, 1.82) is 0 Å². The topological polar surface area (TPSA) is 49.0 Å². The molecule has 0 unspecified atom stereocenters. The van der Waals surface area contributed by atoms with E-state index in [0.717, 1.165) is 11.4 Å². The van der Waals surface area contributed by atoms with Crippen LogP contribution >= 0.6 is 0 Å². The molecule has 0 saturated heterocycles. The molecule has 0 radical (unpaired) electrons. The Balaban J connectivity index is 2.45. The fraction of sp³-hybridized carbons (Fsp3) is 0.200. The predicted molar refractivity (Wildman–Crippen MR) is 53.2 cm³/mol. The van der Waals surface area contributed by atoms with Gasteiger partial charge in [-0.25, -0.2) is 0 Å². The van der Waals surface area contributed by atoms with Crippen molar-refractivity contribution >= 4 is 5.91 Å². The van der Waals surface area contributed by atoms with Gasteiger partial charge in [0.25, 0.3) is 5.91 Å². The van der Waals surface area contributed by atoms with E-state index in [1.54, 1.807) is 26.4 Å². The molecule has 0 fully saturated rings. The van der Waals surface area contributed by atoms with E-state index < -0.39 is 0 Å². The van der Waals surface area contributed by atoms with E-state index in [1.807, 2.05) is 12.1 Å².